The zero-order valence-electron chi connectivity index (χ0n) is 6.32. The number of hydrogen-bond acceptors (Lipinski definition) is 2. The second kappa shape index (κ2) is 3.66. The molecule has 2 nitrogen and oxygen atoms in total. The lowest BCUT2D eigenvalue weighted by Gasteiger charge is -1.96. The first kappa shape index (κ1) is 7.66. The summed E-state index contributed by atoms with van der Waals surface area (Å²) in [7, 11) is 0. The summed E-state index contributed by atoms with van der Waals surface area (Å²) in [6.45, 7) is 1.89. The molecule has 0 unspecified atom stereocenters. The van der Waals surface area contributed by atoms with Crippen LogP contribution in [-0.2, 0) is 4.79 Å². The van der Waals surface area contributed by atoms with E-state index in [-0.39, 0.29) is 0 Å². The van der Waals surface area contributed by atoms with E-state index in [0.717, 1.165) is 17.4 Å². The largest absolute Gasteiger partial charge is 0.299 e. The summed E-state index contributed by atoms with van der Waals surface area (Å²) in [6, 6.07) is 3.74. The number of nitrogens with zero attached hydrogens (tertiary/aromatic N) is 1. The smallest absolute Gasteiger partial charge is 0.143 e. The summed E-state index contributed by atoms with van der Waals surface area (Å²) in [6.07, 6.45) is 5.74. The first-order valence-corrected chi connectivity index (χ1v) is 3.37. The third-order valence-electron chi connectivity index (χ3n) is 1.45. The van der Waals surface area contributed by atoms with Crippen molar-refractivity contribution in [2.24, 2.45) is 0 Å². The van der Waals surface area contributed by atoms with Crippen LogP contribution in [0.4, 0.5) is 0 Å². The molecule has 2 heteroatoms. The molecule has 0 aromatic carbocycles. The number of carbonyl (C=O) groups is 1. The molecule has 11 heavy (non-hydrogen) atoms. The lowest BCUT2D eigenvalue weighted by Crippen LogP contribution is -1.79. The minimum atomic E-state index is 0.787. The molecule has 0 aliphatic carbocycles. The topological polar surface area (TPSA) is 30.0 Å². The third kappa shape index (κ3) is 2.00. The van der Waals surface area contributed by atoms with E-state index in [0.29, 0.717) is 0 Å². The quantitative estimate of drug-likeness (QED) is 0.470. The predicted octanol–water partition coefficient (Wildman–Crippen LogP) is 1.68. The molecule has 0 N–H and O–H groups in total. The van der Waals surface area contributed by atoms with Crippen molar-refractivity contribution in [3.8, 4) is 0 Å². The summed E-state index contributed by atoms with van der Waals surface area (Å²) >= 11 is 0. The fraction of sp³-hybridized carbons (Fsp3) is 0.111. The Morgan fingerprint density at radius 2 is 2.09 bits per heavy atom. The van der Waals surface area contributed by atoms with Crippen LogP contribution in [0.2, 0.25) is 0 Å². The van der Waals surface area contributed by atoms with Gasteiger partial charge in [0.2, 0.25) is 0 Å². The summed E-state index contributed by atoms with van der Waals surface area (Å²) in [5.74, 6) is 0. The standard InChI is InChI=1S/C9H9NO/c1-8(4-7-11)9-2-5-10-6-3-9/h2-7H,1H3. The Kier molecular flexibility index (Phi) is 2.55. The van der Waals surface area contributed by atoms with Crippen LogP contribution in [0.3, 0.4) is 0 Å². The highest BCUT2D eigenvalue weighted by molar-refractivity contribution is 5.80. The maximum absolute atomic E-state index is 10.1. The van der Waals surface area contributed by atoms with Crippen LogP contribution in [0.25, 0.3) is 5.57 Å². The normalized spacial score (nSPS) is 11.2. The lowest BCUT2D eigenvalue weighted by molar-refractivity contribution is -0.104. The number of aromatic nitrogens is 1. The van der Waals surface area contributed by atoms with E-state index in [2.05, 4.69) is 4.98 Å². The average Bonchev–Trinajstić information content (AvgIpc) is 2.07. The lowest BCUT2D eigenvalue weighted by atomic mass is 10.1. The Labute approximate surface area is 65.6 Å². The van der Waals surface area contributed by atoms with Crippen LogP contribution in [0.1, 0.15) is 12.5 Å². The van der Waals surface area contributed by atoms with Crippen molar-refractivity contribution in [2.75, 3.05) is 0 Å². The molecule has 0 amide bonds. The number of aldehydes is 1. The Morgan fingerprint density at radius 1 is 1.45 bits per heavy atom. The fourth-order valence-electron chi connectivity index (χ4n) is 0.813. The maximum Gasteiger partial charge on any atom is 0.143 e. The number of allylic oxidation sites excluding steroid dienone is 2. The van der Waals surface area contributed by atoms with Gasteiger partial charge in [0.15, 0.2) is 0 Å². The number of carbonyl (C=O) groups excluding carboxylic acids is 1. The molecule has 56 valence electrons. The maximum atomic E-state index is 10.1. The van der Waals surface area contributed by atoms with Crippen molar-refractivity contribution < 1.29 is 4.79 Å². The molecular weight excluding hydrogens is 138 g/mol. The number of pyridine rings is 1. The highest BCUT2D eigenvalue weighted by Gasteiger charge is 1.91. The van der Waals surface area contributed by atoms with Gasteiger partial charge in [-0.05, 0) is 36.3 Å². The second-order valence-electron chi connectivity index (χ2n) is 2.22. The fourth-order valence-corrected chi connectivity index (χ4v) is 0.813. The van der Waals surface area contributed by atoms with Gasteiger partial charge in [0.1, 0.15) is 6.29 Å². The van der Waals surface area contributed by atoms with Crippen LogP contribution in [-0.4, -0.2) is 11.3 Å². The van der Waals surface area contributed by atoms with E-state index >= 15 is 0 Å². The van der Waals surface area contributed by atoms with E-state index in [1.165, 1.54) is 6.08 Å². The van der Waals surface area contributed by atoms with Crippen LogP contribution in [0.15, 0.2) is 30.6 Å². The van der Waals surface area contributed by atoms with Crippen molar-refractivity contribution in [3.63, 3.8) is 0 Å². The van der Waals surface area contributed by atoms with Gasteiger partial charge in [-0.1, -0.05) is 0 Å². The van der Waals surface area contributed by atoms with Gasteiger partial charge in [0.05, 0.1) is 0 Å². The predicted molar refractivity (Wildman–Crippen MR) is 44.0 cm³/mol. The number of rotatable bonds is 2. The molecule has 1 heterocycles. The van der Waals surface area contributed by atoms with Crippen LogP contribution >= 0.6 is 0 Å². The van der Waals surface area contributed by atoms with Crippen molar-refractivity contribution in [1.29, 1.82) is 0 Å². The van der Waals surface area contributed by atoms with Crippen LogP contribution in [0.5, 0.6) is 0 Å². The second-order valence-corrected chi connectivity index (χ2v) is 2.22. The molecule has 1 rings (SSSR count). The molecule has 0 saturated heterocycles. The molecule has 1 aromatic heterocycles. The molecule has 0 bridgehead atoms. The summed E-state index contributed by atoms with van der Waals surface area (Å²) < 4.78 is 0. The van der Waals surface area contributed by atoms with E-state index in [1.807, 2.05) is 19.1 Å². The van der Waals surface area contributed by atoms with Gasteiger partial charge in [0, 0.05) is 12.4 Å². The first-order valence-electron chi connectivity index (χ1n) is 3.37. The van der Waals surface area contributed by atoms with Gasteiger partial charge < -0.3 is 0 Å². The van der Waals surface area contributed by atoms with Crippen molar-refractivity contribution in [1.82, 2.24) is 4.98 Å². The average molecular weight is 147 g/mol. The third-order valence-corrected chi connectivity index (χ3v) is 1.45. The molecule has 1 aromatic rings. The van der Waals surface area contributed by atoms with E-state index in [4.69, 9.17) is 0 Å². The van der Waals surface area contributed by atoms with Gasteiger partial charge in [-0.15, -0.1) is 0 Å². The zero-order chi connectivity index (χ0) is 8.10. The van der Waals surface area contributed by atoms with Crippen molar-refractivity contribution in [2.45, 2.75) is 6.92 Å². The molecule has 0 spiro atoms. The zero-order valence-corrected chi connectivity index (χ0v) is 6.32. The van der Waals surface area contributed by atoms with Gasteiger partial charge in [-0.25, -0.2) is 0 Å². The summed E-state index contributed by atoms with van der Waals surface area (Å²) in [4.78, 5) is 14.0. The highest BCUT2D eigenvalue weighted by Crippen LogP contribution is 2.09. The Balaban J connectivity index is 2.94. The SMILES string of the molecule is CC(=CC=O)c1ccncc1. The van der Waals surface area contributed by atoms with Gasteiger partial charge >= 0.3 is 0 Å². The Bertz CT molecular complexity index is 264. The molecule has 0 aliphatic heterocycles. The van der Waals surface area contributed by atoms with Gasteiger partial charge in [0.25, 0.3) is 0 Å². The molecular formula is C9H9NO. The van der Waals surface area contributed by atoms with E-state index < -0.39 is 0 Å². The molecule has 0 fully saturated rings. The minimum absolute atomic E-state index is 0.787. The van der Waals surface area contributed by atoms with Crippen molar-refractivity contribution >= 4 is 11.9 Å². The van der Waals surface area contributed by atoms with Crippen LogP contribution in [0, 0.1) is 0 Å². The van der Waals surface area contributed by atoms with Gasteiger partial charge in [-0.3, -0.25) is 9.78 Å². The minimum Gasteiger partial charge on any atom is -0.299 e. The Morgan fingerprint density at radius 3 is 2.64 bits per heavy atom. The van der Waals surface area contributed by atoms with E-state index in [1.54, 1.807) is 12.4 Å². The van der Waals surface area contributed by atoms with E-state index in [9.17, 15) is 4.79 Å². The molecule has 0 aliphatic rings. The summed E-state index contributed by atoms with van der Waals surface area (Å²) in [5, 5.41) is 0. The van der Waals surface area contributed by atoms with Crippen LogP contribution < -0.4 is 0 Å². The molecule has 0 saturated carbocycles. The summed E-state index contributed by atoms with van der Waals surface area (Å²) in [5.41, 5.74) is 1.99. The first-order chi connectivity index (χ1) is 5.34. The highest BCUT2D eigenvalue weighted by atomic mass is 16.1. The monoisotopic (exact) mass is 147 g/mol. The van der Waals surface area contributed by atoms with Gasteiger partial charge in [-0.2, -0.15) is 0 Å². The van der Waals surface area contributed by atoms with Crippen molar-refractivity contribution in [3.05, 3.63) is 36.2 Å². The molecule has 0 atom stereocenters. The number of hydrogen-bond donors (Lipinski definition) is 0. The molecule has 0 radical (unpaired) electrons. The Hall–Kier alpha value is -1.44.